The number of hydrogen-bond donors (Lipinski definition) is 1. The van der Waals surface area contributed by atoms with Gasteiger partial charge in [-0.25, -0.2) is 14.2 Å². The van der Waals surface area contributed by atoms with Gasteiger partial charge in [0.15, 0.2) is 0 Å². The van der Waals surface area contributed by atoms with Crippen molar-refractivity contribution >= 4 is 11.7 Å². The molecule has 0 radical (unpaired) electrons. The average molecular weight is 340 g/mol. The van der Waals surface area contributed by atoms with Crippen molar-refractivity contribution in [2.24, 2.45) is 14.1 Å². The van der Waals surface area contributed by atoms with Crippen LogP contribution in [0.15, 0.2) is 53.6 Å². The molecule has 128 valence electrons. The summed E-state index contributed by atoms with van der Waals surface area (Å²) in [5, 5.41) is 2.66. The molecule has 0 unspecified atom stereocenters. The first kappa shape index (κ1) is 16.6. The molecular formula is C18H17FN4O2. The van der Waals surface area contributed by atoms with E-state index in [9.17, 15) is 14.0 Å². The lowest BCUT2D eigenvalue weighted by Crippen LogP contribution is -2.23. The molecule has 0 aliphatic rings. The highest BCUT2D eigenvalue weighted by Gasteiger charge is 2.14. The molecule has 1 amide bonds. The van der Waals surface area contributed by atoms with Gasteiger partial charge in [0.05, 0.1) is 0 Å². The maximum absolute atomic E-state index is 13.2. The number of benzene rings is 1. The fourth-order valence-corrected chi connectivity index (χ4v) is 2.54. The first-order valence-electron chi connectivity index (χ1n) is 7.67. The molecule has 0 bridgehead atoms. The summed E-state index contributed by atoms with van der Waals surface area (Å²) in [5.74, 6) is -0.308. The zero-order valence-corrected chi connectivity index (χ0v) is 13.9. The van der Waals surface area contributed by atoms with Crippen molar-refractivity contribution in [2.45, 2.75) is 6.42 Å². The molecule has 3 aromatic rings. The maximum atomic E-state index is 13.2. The van der Waals surface area contributed by atoms with Gasteiger partial charge in [0, 0.05) is 26.5 Å². The normalized spacial score (nSPS) is 10.7. The number of halogens is 1. The standard InChI is InChI=1S/C18H17FN4O2/c1-22-11-15(23(2)18(22)25)17(24)21-16-7-6-13(10-20-16)8-12-4-3-5-14(19)9-12/h3-7,9-11H,8H2,1-2H3,(H,20,21,24). The minimum absolute atomic E-state index is 0.248. The van der Waals surface area contributed by atoms with Crippen LogP contribution in [0.5, 0.6) is 0 Å². The third kappa shape index (κ3) is 3.65. The molecule has 7 heteroatoms. The Kier molecular flexibility index (Phi) is 4.47. The van der Waals surface area contributed by atoms with E-state index in [0.29, 0.717) is 12.2 Å². The first-order chi connectivity index (χ1) is 11.9. The van der Waals surface area contributed by atoms with Gasteiger partial charge < -0.3 is 9.88 Å². The maximum Gasteiger partial charge on any atom is 0.328 e. The lowest BCUT2D eigenvalue weighted by Gasteiger charge is -2.06. The van der Waals surface area contributed by atoms with Crippen LogP contribution in [0.25, 0.3) is 0 Å². The number of amides is 1. The molecule has 0 saturated heterocycles. The number of pyridine rings is 1. The summed E-state index contributed by atoms with van der Waals surface area (Å²) in [6.45, 7) is 0. The van der Waals surface area contributed by atoms with Crippen molar-refractivity contribution in [3.63, 3.8) is 0 Å². The minimum Gasteiger partial charge on any atom is -0.305 e. The van der Waals surface area contributed by atoms with Crippen molar-refractivity contribution < 1.29 is 9.18 Å². The van der Waals surface area contributed by atoms with E-state index in [1.54, 1.807) is 25.4 Å². The SMILES string of the molecule is Cn1cc(C(=O)Nc2ccc(Cc3cccc(F)c3)cn2)n(C)c1=O. The lowest BCUT2D eigenvalue weighted by atomic mass is 10.1. The molecule has 0 aliphatic heterocycles. The van der Waals surface area contributed by atoms with Crippen LogP contribution < -0.4 is 11.0 Å². The van der Waals surface area contributed by atoms with Gasteiger partial charge in [0.1, 0.15) is 17.3 Å². The number of anilines is 1. The molecule has 0 atom stereocenters. The molecule has 2 heterocycles. The number of carbonyl (C=O) groups excluding carboxylic acids is 1. The minimum atomic E-state index is -0.411. The number of aromatic nitrogens is 3. The van der Waals surface area contributed by atoms with Gasteiger partial charge >= 0.3 is 5.69 Å². The summed E-state index contributed by atoms with van der Waals surface area (Å²) in [6.07, 6.45) is 3.65. The van der Waals surface area contributed by atoms with Crippen LogP contribution in [0.3, 0.4) is 0 Å². The largest absolute Gasteiger partial charge is 0.328 e. The van der Waals surface area contributed by atoms with E-state index < -0.39 is 5.91 Å². The van der Waals surface area contributed by atoms with Crippen LogP contribution in [-0.4, -0.2) is 20.0 Å². The van der Waals surface area contributed by atoms with Crippen molar-refractivity contribution in [2.75, 3.05) is 5.32 Å². The van der Waals surface area contributed by atoms with Gasteiger partial charge in [-0.3, -0.25) is 9.36 Å². The summed E-state index contributed by atoms with van der Waals surface area (Å²) in [5.41, 5.74) is 1.72. The van der Waals surface area contributed by atoms with E-state index in [2.05, 4.69) is 10.3 Å². The van der Waals surface area contributed by atoms with E-state index in [0.717, 1.165) is 11.1 Å². The fourth-order valence-electron chi connectivity index (χ4n) is 2.54. The van der Waals surface area contributed by atoms with E-state index in [1.807, 2.05) is 12.1 Å². The Morgan fingerprint density at radius 2 is 2.00 bits per heavy atom. The van der Waals surface area contributed by atoms with Crippen LogP contribution >= 0.6 is 0 Å². The van der Waals surface area contributed by atoms with E-state index in [1.165, 1.54) is 34.5 Å². The Bertz CT molecular complexity index is 973. The second-order valence-electron chi connectivity index (χ2n) is 5.78. The number of imidazole rings is 1. The molecule has 6 nitrogen and oxygen atoms in total. The van der Waals surface area contributed by atoms with Gasteiger partial charge in [0.25, 0.3) is 5.91 Å². The molecule has 2 aromatic heterocycles. The topological polar surface area (TPSA) is 68.9 Å². The molecule has 1 N–H and O–H groups in total. The van der Waals surface area contributed by atoms with E-state index >= 15 is 0 Å². The number of nitrogens with zero attached hydrogens (tertiary/aromatic N) is 3. The molecule has 1 aromatic carbocycles. The monoisotopic (exact) mass is 340 g/mol. The van der Waals surface area contributed by atoms with Crippen molar-refractivity contribution in [1.82, 2.24) is 14.1 Å². The molecule has 0 spiro atoms. The second-order valence-corrected chi connectivity index (χ2v) is 5.78. The number of aryl methyl sites for hydroxylation is 1. The van der Waals surface area contributed by atoms with Crippen LogP contribution in [0, 0.1) is 5.82 Å². The Morgan fingerprint density at radius 3 is 2.60 bits per heavy atom. The predicted octanol–water partition coefficient (Wildman–Crippen LogP) is 2.10. The highest BCUT2D eigenvalue weighted by molar-refractivity contribution is 6.02. The Morgan fingerprint density at radius 1 is 1.20 bits per heavy atom. The Labute approximate surface area is 143 Å². The predicted molar refractivity (Wildman–Crippen MR) is 92.1 cm³/mol. The average Bonchev–Trinajstić information content (AvgIpc) is 2.84. The highest BCUT2D eigenvalue weighted by Crippen LogP contribution is 2.12. The van der Waals surface area contributed by atoms with Gasteiger partial charge in [-0.05, 0) is 35.7 Å². The Hall–Kier alpha value is -3.22. The number of hydrogen-bond acceptors (Lipinski definition) is 3. The zero-order chi connectivity index (χ0) is 18.0. The Balaban J connectivity index is 1.71. The molecule has 0 aliphatic carbocycles. The van der Waals surface area contributed by atoms with Crippen LogP contribution in [-0.2, 0) is 20.5 Å². The second kappa shape index (κ2) is 6.72. The third-order valence-electron chi connectivity index (χ3n) is 3.86. The van der Waals surface area contributed by atoms with Gasteiger partial charge in [0.2, 0.25) is 0 Å². The summed E-state index contributed by atoms with van der Waals surface area (Å²) < 4.78 is 15.8. The number of rotatable bonds is 4. The first-order valence-corrected chi connectivity index (χ1v) is 7.67. The van der Waals surface area contributed by atoms with Crippen LogP contribution in [0.1, 0.15) is 21.6 Å². The quantitative estimate of drug-likeness (QED) is 0.791. The van der Waals surface area contributed by atoms with Crippen molar-refractivity contribution in [1.29, 1.82) is 0 Å². The molecule has 0 saturated carbocycles. The van der Waals surface area contributed by atoms with Crippen LogP contribution in [0.2, 0.25) is 0 Å². The number of nitrogens with one attached hydrogen (secondary N) is 1. The van der Waals surface area contributed by atoms with Gasteiger partial charge in [-0.15, -0.1) is 0 Å². The number of carbonyl (C=O) groups is 1. The van der Waals surface area contributed by atoms with Gasteiger partial charge in [-0.2, -0.15) is 0 Å². The molecular weight excluding hydrogens is 323 g/mol. The summed E-state index contributed by atoms with van der Waals surface area (Å²) in [6, 6.07) is 9.87. The summed E-state index contributed by atoms with van der Waals surface area (Å²) >= 11 is 0. The highest BCUT2D eigenvalue weighted by atomic mass is 19.1. The molecule has 0 fully saturated rings. The molecule has 25 heavy (non-hydrogen) atoms. The van der Waals surface area contributed by atoms with Gasteiger partial charge in [-0.1, -0.05) is 18.2 Å². The summed E-state index contributed by atoms with van der Waals surface area (Å²) in [7, 11) is 3.12. The molecule has 3 rings (SSSR count). The van der Waals surface area contributed by atoms with Crippen molar-refractivity contribution in [3.05, 3.63) is 81.9 Å². The van der Waals surface area contributed by atoms with Crippen LogP contribution in [0.4, 0.5) is 10.2 Å². The smallest absolute Gasteiger partial charge is 0.305 e. The zero-order valence-electron chi connectivity index (χ0n) is 13.9. The third-order valence-corrected chi connectivity index (χ3v) is 3.86. The van der Waals surface area contributed by atoms with E-state index in [4.69, 9.17) is 0 Å². The fraction of sp³-hybridized carbons (Fsp3) is 0.167. The van der Waals surface area contributed by atoms with Crippen molar-refractivity contribution in [3.8, 4) is 0 Å². The summed E-state index contributed by atoms with van der Waals surface area (Å²) in [4.78, 5) is 28.1. The van der Waals surface area contributed by atoms with E-state index in [-0.39, 0.29) is 17.2 Å². The lowest BCUT2D eigenvalue weighted by molar-refractivity contribution is 0.101.